The number of rotatable bonds is 7. The smallest absolute Gasteiger partial charge is 0.353 e. The lowest BCUT2D eigenvalue weighted by atomic mass is 9.80. The fraction of sp³-hybridized carbons (Fsp3) is 0.714. The number of amides is 1. The van der Waals surface area contributed by atoms with Crippen LogP contribution in [0.4, 0.5) is 22.0 Å². The predicted octanol–water partition coefficient (Wildman–Crippen LogP) is 6.29. The number of Topliss-reactive ketones (excluding diaryl/α,β-unsaturated/α-hetero) is 1. The quantitative estimate of drug-likeness (QED) is 0.334. The summed E-state index contributed by atoms with van der Waals surface area (Å²) in [5.74, 6) is -3.04. The van der Waals surface area contributed by atoms with Crippen molar-refractivity contribution >= 4 is 11.7 Å². The van der Waals surface area contributed by atoms with Crippen LogP contribution in [0.2, 0.25) is 0 Å². The maximum atomic E-state index is 14.0. The third-order valence-electron chi connectivity index (χ3n) is 8.76. The first kappa shape index (κ1) is 28.0. The van der Waals surface area contributed by atoms with Crippen LogP contribution in [0.1, 0.15) is 81.0 Å². The van der Waals surface area contributed by atoms with Gasteiger partial charge in [-0.05, 0) is 108 Å². The summed E-state index contributed by atoms with van der Waals surface area (Å²) in [6.45, 7) is 2.50. The Kier molecular flexibility index (Phi) is 9.24. The molecule has 4 nitrogen and oxygen atoms in total. The largest absolute Gasteiger partial charge is 0.391 e. The van der Waals surface area contributed by atoms with Gasteiger partial charge in [0.05, 0.1) is 11.5 Å². The number of carbonyl (C=O) groups is 2. The van der Waals surface area contributed by atoms with Gasteiger partial charge in [0.25, 0.3) is 0 Å². The van der Waals surface area contributed by atoms with Gasteiger partial charge in [0.15, 0.2) is 5.78 Å². The van der Waals surface area contributed by atoms with Gasteiger partial charge in [0.1, 0.15) is 11.6 Å². The number of piperidine rings is 1. The molecule has 3 fully saturated rings. The summed E-state index contributed by atoms with van der Waals surface area (Å²) >= 11 is 0. The van der Waals surface area contributed by atoms with E-state index in [1.54, 1.807) is 0 Å². The highest BCUT2D eigenvalue weighted by Gasteiger charge is 2.42. The molecule has 1 N–H and O–H groups in total. The molecule has 2 aliphatic carbocycles. The van der Waals surface area contributed by atoms with Gasteiger partial charge in [0, 0.05) is 23.9 Å². The molecule has 1 aromatic carbocycles. The van der Waals surface area contributed by atoms with E-state index in [0.717, 1.165) is 63.9 Å². The van der Waals surface area contributed by atoms with Crippen LogP contribution in [0.25, 0.3) is 0 Å². The molecule has 1 aliphatic heterocycles. The Morgan fingerprint density at radius 3 is 2.11 bits per heavy atom. The van der Waals surface area contributed by atoms with Gasteiger partial charge >= 0.3 is 6.18 Å². The molecule has 3 aliphatic rings. The first-order chi connectivity index (χ1) is 17.6. The molecule has 0 atom stereocenters. The highest BCUT2D eigenvalue weighted by atomic mass is 19.4. The van der Waals surface area contributed by atoms with E-state index in [9.17, 15) is 31.5 Å². The molecule has 4 rings (SSSR count). The Morgan fingerprint density at radius 1 is 0.865 bits per heavy atom. The van der Waals surface area contributed by atoms with Crippen LogP contribution >= 0.6 is 0 Å². The van der Waals surface area contributed by atoms with Crippen molar-refractivity contribution in [2.24, 2.45) is 23.7 Å². The Balaban J connectivity index is 1.11. The van der Waals surface area contributed by atoms with Crippen LogP contribution in [-0.2, 0) is 4.79 Å². The van der Waals surface area contributed by atoms with Crippen molar-refractivity contribution in [2.45, 2.75) is 82.8 Å². The highest BCUT2D eigenvalue weighted by Crippen LogP contribution is 2.39. The summed E-state index contributed by atoms with van der Waals surface area (Å²) in [6.07, 6.45) is 2.77. The number of nitrogens with one attached hydrogen (secondary N) is 1. The molecule has 206 valence electrons. The second kappa shape index (κ2) is 12.2. The first-order valence-corrected chi connectivity index (χ1v) is 13.7. The standard InChI is InChI=1S/C28H37F5N2O2/c29-22-7-10-24(25(30)17-22)26(36)19-12-15-35(16-13-19)14-11-18-1-8-23(9-2-18)34-27(37)20-3-5-21(6-4-20)28(31,32)33/h7,10,17-21,23H,1-6,8-9,11-16H2,(H,34,37). The molecule has 0 aromatic heterocycles. The monoisotopic (exact) mass is 528 g/mol. The fourth-order valence-corrected chi connectivity index (χ4v) is 6.29. The number of benzene rings is 1. The van der Waals surface area contributed by atoms with E-state index in [1.165, 1.54) is 6.07 Å². The molecule has 1 amide bonds. The van der Waals surface area contributed by atoms with Crippen LogP contribution in [0.15, 0.2) is 18.2 Å². The van der Waals surface area contributed by atoms with Gasteiger partial charge in [-0.1, -0.05) is 0 Å². The number of hydrogen-bond donors (Lipinski definition) is 1. The molecular formula is C28H37F5N2O2. The maximum absolute atomic E-state index is 14.0. The molecule has 0 unspecified atom stereocenters. The van der Waals surface area contributed by atoms with Gasteiger partial charge in [-0.25, -0.2) is 8.78 Å². The van der Waals surface area contributed by atoms with E-state index < -0.39 is 23.7 Å². The summed E-state index contributed by atoms with van der Waals surface area (Å²) in [7, 11) is 0. The molecule has 1 heterocycles. The molecule has 1 saturated heterocycles. The zero-order valence-electron chi connectivity index (χ0n) is 21.2. The van der Waals surface area contributed by atoms with E-state index >= 15 is 0 Å². The van der Waals surface area contributed by atoms with Crippen molar-refractivity contribution in [3.8, 4) is 0 Å². The van der Waals surface area contributed by atoms with E-state index in [0.29, 0.717) is 31.6 Å². The number of halogens is 5. The Hall–Kier alpha value is -2.03. The fourth-order valence-electron chi connectivity index (χ4n) is 6.29. The minimum absolute atomic E-state index is 0.0299. The average molecular weight is 529 g/mol. The van der Waals surface area contributed by atoms with Crippen molar-refractivity contribution in [2.75, 3.05) is 19.6 Å². The lowest BCUT2D eigenvalue weighted by molar-refractivity contribution is -0.184. The number of ketones is 1. The highest BCUT2D eigenvalue weighted by molar-refractivity contribution is 5.98. The van der Waals surface area contributed by atoms with Gasteiger partial charge in [-0.15, -0.1) is 0 Å². The summed E-state index contributed by atoms with van der Waals surface area (Å²) in [4.78, 5) is 27.6. The van der Waals surface area contributed by atoms with Crippen molar-refractivity contribution < 1.29 is 31.5 Å². The molecular weight excluding hydrogens is 491 g/mol. The van der Waals surface area contributed by atoms with E-state index in [1.807, 2.05) is 0 Å². The second-order valence-electron chi connectivity index (χ2n) is 11.2. The van der Waals surface area contributed by atoms with Crippen LogP contribution in [-0.4, -0.2) is 48.4 Å². The summed E-state index contributed by atoms with van der Waals surface area (Å²) in [5, 5.41) is 3.09. The Morgan fingerprint density at radius 2 is 1.51 bits per heavy atom. The van der Waals surface area contributed by atoms with E-state index in [4.69, 9.17) is 0 Å². The third-order valence-corrected chi connectivity index (χ3v) is 8.76. The Bertz CT molecular complexity index is 929. The molecule has 0 spiro atoms. The lowest BCUT2D eigenvalue weighted by Crippen LogP contribution is -2.43. The Labute approximate surface area is 215 Å². The normalized spacial score (nSPS) is 28.1. The number of likely N-dealkylation sites (tertiary alicyclic amines) is 1. The van der Waals surface area contributed by atoms with Gasteiger partial charge in [-0.3, -0.25) is 9.59 Å². The predicted molar refractivity (Wildman–Crippen MR) is 130 cm³/mol. The van der Waals surface area contributed by atoms with Gasteiger partial charge in [-0.2, -0.15) is 13.2 Å². The average Bonchev–Trinajstić information content (AvgIpc) is 2.88. The van der Waals surface area contributed by atoms with Gasteiger partial charge in [0.2, 0.25) is 5.91 Å². The van der Waals surface area contributed by atoms with Crippen LogP contribution in [0.3, 0.4) is 0 Å². The lowest BCUT2D eigenvalue weighted by Gasteiger charge is -2.35. The van der Waals surface area contributed by atoms with Crippen LogP contribution in [0, 0.1) is 35.3 Å². The SMILES string of the molecule is O=C(NC1CCC(CCN2CCC(C(=O)c3ccc(F)cc3F)CC2)CC1)C1CCC(C(F)(F)F)CC1. The van der Waals surface area contributed by atoms with Crippen LogP contribution in [0.5, 0.6) is 0 Å². The third kappa shape index (κ3) is 7.52. The zero-order valence-corrected chi connectivity index (χ0v) is 21.2. The van der Waals surface area contributed by atoms with Crippen LogP contribution < -0.4 is 5.32 Å². The minimum Gasteiger partial charge on any atom is -0.353 e. The summed E-state index contributed by atoms with van der Waals surface area (Å²) in [5.41, 5.74) is -0.0299. The second-order valence-corrected chi connectivity index (χ2v) is 11.2. The molecule has 37 heavy (non-hydrogen) atoms. The van der Waals surface area contributed by atoms with E-state index in [2.05, 4.69) is 10.2 Å². The zero-order chi connectivity index (χ0) is 26.6. The van der Waals surface area contributed by atoms with Crippen molar-refractivity contribution in [3.05, 3.63) is 35.4 Å². The number of nitrogens with zero attached hydrogens (tertiary/aromatic N) is 1. The molecule has 2 saturated carbocycles. The van der Waals surface area contributed by atoms with Crippen molar-refractivity contribution in [1.82, 2.24) is 10.2 Å². The summed E-state index contributed by atoms with van der Waals surface area (Å²) in [6, 6.07) is 3.22. The number of hydrogen-bond acceptors (Lipinski definition) is 3. The van der Waals surface area contributed by atoms with Gasteiger partial charge < -0.3 is 10.2 Å². The van der Waals surface area contributed by atoms with Crippen molar-refractivity contribution in [3.63, 3.8) is 0 Å². The molecule has 0 radical (unpaired) electrons. The summed E-state index contributed by atoms with van der Waals surface area (Å²) < 4.78 is 65.7. The van der Waals surface area contributed by atoms with E-state index in [-0.39, 0.29) is 48.0 Å². The molecule has 1 aromatic rings. The molecule has 9 heteroatoms. The molecule has 0 bridgehead atoms. The first-order valence-electron chi connectivity index (χ1n) is 13.7. The number of alkyl halides is 3. The number of carbonyl (C=O) groups excluding carboxylic acids is 2. The minimum atomic E-state index is -4.16. The maximum Gasteiger partial charge on any atom is 0.391 e. The topological polar surface area (TPSA) is 49.4 Å². The van der Waals surface area contributed by atoms with Crippen molar-refractivity contribution in [1.29, 1.82) is 0 Å².